The van der Waals surface area contributed by atoms with E-state index < -0.39 is 0 Å². The first-order valence-electron chi connectivity index (χ1n) is 5.90. The lowest BCUT2D eigenvalue weighted by Gasteiger charge is -2.05. The summed E-state index contributed by atoms with van der Waals surface area (Å²) in [5, 5.41) is 0. The Hall–Kier alpha value is -2.53. The smallest absolute Gasteiger partial charge is 0.310 e. The molecule has 3 aromatic rings. The van der Waals surface area contributed by atoms with Crippen molar-refractivity contribution < 1.29 is 9.15 Å². The molecule has 5 heteroatoms. The molecule has 0 saturated carbocycles. The molecule has 0 spiro atoms. The van der Waals surface area contributed by atoms with E-state index in [1.54, 1.807) is 0 Å². The Labute approximate surface area is 110 Å². The van der Waals surface area contributed by atoms with E-state index in [1.165, 1.54) is 0 Å². The highest BCUT2D eigenvalue weighted by Gasteiger charge is 2.10. The van der Waals surface area contributed by atoms with E-state index in [4.69, 9.17) is 15.0 Å². The number of nitrogens with two attached hydrogens (primary N) is 1. The lowest BCUT2D eigenvalue weighted by atomic mass is 10.2. The fourth-order valence-electron chi connectivity index (χ4n) is 1.83. The normalized spacial score (nSPS) is 10.6. The molecule has 0 fully saturated rings. The van der Waals surface area contributed by atoms with Crippen molar-refractivity contribution in [2.45, 2.75) is 6.61 Å². The molecule has 0 radical (unpaired) electrons. The minimum Gasteiger partial charge on any atom is -0.485 e. The number of hydrogen-bond acceptors (Lipinski definition) is 5. The Morgan fingerprint density at radius 2 is 1.95 bits per heavy atom. The van der Waals surface area contributed by atoms with Gasteiger partial charge in [-0.2, -0.15) is 4.98 Å². The molecule has 0 atom stereocenters. The second-order valence-electron chi connectivity index (χ2n) is 4.04. The molecule has 3 rings (SSSR count). The maximum atomic E-state index is 5.76. The zero-order valence-corrected chi connectivity index (χ0v) is 10.2. The molecule has 96 valence electrons. The van der Waals surface area contributed by atoms with Crippen LogP contribution in [0, 0.1) is 0 Å². The molecular formula is C14H13N3O2. The quantitative estimate of drug-likeness (QED) is 0.554. The summed E-state index contributed by atoms with van der Waals surface area (Å²) < 4.78 is 11.2. The van der Waals surface area contributed by atoms with Gasteiger partial charge in [0.1, 0.15) is 12.1 Å². The van der Waals surface area contributed by atoms with Gasteiger partial charge in [-0.15, -0.1) is 0 Å². The van der Waals surface area contributed by atoms with Crippen molar-refractivity contribution in [1.82, 2.24) is 4.98 Å². The number of fused-ring (bicyclic) bond motifs is 1. The molecule has 0 aliphatic heterocycles. The van der Waals surface area contributed by atoms with Gasteiger partial charge in [-0.3, -0.25) is 5.43 Å². The number of hydrogen-bond donors (Lipinski definition) is 2. The number of nitrogen functional groups attached to an aromatic ring is 1. The highest BCUT2D eigenvalue weighted by molar-refractivity contribution is 5.80. The molecule has 1 heterocycles. The number of aromatic nitrogens is 1. The van der Waals surface area contributed by atoms with E-state index in [1.807, 2.05) is 48.5 Å². The van der Waals surface area contributed by atoms with Crippen LogP contribution in [0.25, 0.3) is 11.1 Å². The van der Waals surface area contributed by atoms with Gasteiger partial charge in [-0.25, -0.2) is 5.84 Å². The second-order valence-corrected chi connectivity index (χ2v) is 4.04. The molecule has 1 aromatic heterocycles. The molecule has 0 saturated heterocycles. The maximum Gasteiger partial charge on any atom is 0.310 e. The van der Waals surface area contributed by atoms with Crippen molar-refractivity contribution in [1.29, 1.82) is 0 Å². The van der Waals surface area contributed by atoms with Crippen molar-refractivity contribution >= 4 is 17.1 Å². The lowest BCUT2D eigenvalue weighted by Crippen LogP contribution is -2.06. The Balaban J connectivity index is 1.86. The Morgan fingerprint density at radius 3 is 2.74 bits per heavy atom. The van der Waals surface area contributed by atoms with E-state index in [0.29, 0.717) is 23.5 Å². The standard InChI is InChI=1S/C14H13N3O2/c15-17-14-16-11-7-4-8-12(13(11)19-14)18-9-10-5-2-1-3-6-10/h1-8H,9,15H2,(H,16,17). The van der Waals surface area contributed by atoms with E-state index in [9.17, 15) is 0 Å². The Morgan fingerprint density at radius 1 is 1.11 bits per heavy atom. The highest BCUT2D eigenvalue weighted by Crippen LogP contribution is 2.28. The van der Waals surface area contributed by atoms with Gasteiger partial charge in [0.05, 0.1) is 0 Å². The van der Waals surface area contributed by atoms with Crippen molar-refractivity contribution in [2.75, 3.05) is 5.43 Å². The minimum absolute atomic E-state index is 0.269. The average Bonchev–Trinajstić information content (AvgIpc) is 2.90. The number of nitrogens with zero attached hydrogens (tertiary/aromatic N) is 1. The summed E-state index contributed by atoms with van der Waals surface area (Å²) in [6.07, 6.45) is 0. The third-order valence-corrected chi connectivity index (χ3v) is 2.74. The monoisotopic (exact) mass is 255 g/mol. The summed E-state index contributed by atoms with van der Waals surface area (Å²) in [6.45, 7) is 0.478. The lowest BCUT2D eigenvalue weighted by molar-refractivity contribution is 0.305. The molecule has 3 N–H and O–H groups in total. The highest BCUT2D eigenvalue weighted by atomic mass is 16.5. The molecule has 0 unspecified atom stereocenters. The summed E-state index contributed by atoms with van der Waals surface area (Å²) >= 11 is 0. The average molecular weight is 255 g/mol. The van der Waals surface area contributed by atoms with Crippen LogP contribution in [-0.4, -0.2) is 4.98 Å². The third kappa shape index (κ3) is 2.36. The fraction of sp³-hybridized carbons (Fsp3) is 0.0714. The van der Waals surface area contributed by atoms with Gasteiger partial charge >= 0.3 is 6.01 Å². The van der Waals surface area contributed by atoms with Crippen LogP contribution in [0.2, 0.25) is 0 Å². The second kappa shape index (κ2) is 4.99. The number of nitrogens with one attached hydrogen (secondary N) is 1. The van der Waals surface area contributed by atoms with Crippen LogP contribution < -0.4 is 16.0 Å². The molecule has 5 nitrogen and oxygen atoms in total. The molecular weight excluding hydrogens is 242 g/mol. The van der Waals surface area contributed by atoms with Crippen molar-refractivity contribution in [3.63, 3.8) is 0 Å². The number of ether oxygens (including phenoxy) is 1. The van der Waals surface area contributed by atoms with Crippen LogP contribution >= 0.6 is 0 Å². The summed E-state index contributed by atoms with van der Waals surface area (Å²) in [6, 6.07) is 15.8. The van der Waals surface area contributed by atoms with E-state index in [0.717, 1.165) is 5.56 Å². The molecule has 0 amide bonds. The minimum atomic E-state index is 0.269. The summed E-state index contributed by atoms with van der Waals surface area (Å²) in [4.78, 5) is 4.16. The van der Waals surface area contributed by atoms with Gasteiger partial charge < -0.3 is 9.15 Å². The fourth-order valence-corrected chi connectivity index (χ4v) is 1.83. The van der Waals surface area contributed by atoms with Crippen LogP contribution in [0.4, 0.5) is 6.01 Å². The van der Waals surface area contributed by atoms with Crippen LogP contribution in [0.15, 0.2) is 52.9 Å². The summed E-state index contributed by atoms with van der Waals surface area (Å²) in [5.74, 6) is 5.93. The Bertz CT molecular complexity index is 679. The zero-order chi connectivity index (χ0) is 13.1. The number of para-hydroxylation sites is 1. The molecule has 0 aliphatic rings. The summed E-state index contributed by atoms with van der Waals surface area (Å²) in [5.41, 5.74) is 4.77. The SMILES string of the molecule is NNc1nc2cccc(OCc3ccccc3)c2o1. The van der Waals surface area contributed by atoms with E-state index >= 15 is 0 Å². The van der Waals surface area contributed by atoms with Crippen molar-refractivity contribution in [3.05, 3.63) is 54.1 Å². The first-order chi connectivity index (χ1) is 9.36. The number of rotatable bonds is 4. The maximum absolute atomic E-state index is 5.76. The van der Waals surface area contributed by atoms with Crippen LogP contribution in [0.3, 0.4) is 0 Å². The van der Waals surface area contributed by atoms with E-state index in [2.05, 4.69) is 10.4 Å². The summed E-state index contributed by atoms with van der Waals surface area (Å²) in [7, 11) is 0. The molecule has 2 aromatic carbocycles. The van der Waals surface area contributed by atoms with Crippen LogP contribution in [0.1, 0.15) is 5.56 Å². The topological polar surface area (TPSA) is 73.3 Å². The van der Waals surface area contributed by atoms with Gasteiger partial charge in [-0.1, -0.05) is 36.4 Å². The van der Waals surface area contributed by atoms with Crippen molar-refractivity contribution in [2.24, 2.45) is 5.84 Å². The van der Waals surface area contributed by atoms with Crippen LogP contribution in [-0.2, 0) is 6.61 Å². The van der Waals surface area contributed by atoms with Gasteiger partial charge in [0, 0.05) is 0 Å². The first kappa shape index (κ1) is 11.6. The largest absolute Gasteiger partial charge is 0.485 e. The zero-order valence-electron chi connectivity index (χ0n) is 10.2. The van der Waals surface area contributed by atoms with Gasteiger partial charge in [-0.05, 0) is 17.7 Å². The first-order valence-corrected chi connectivity index (χ1v) is 5.90. The third-order valence-electron chi connectivity index (χ3n) is 2.74. The van der Waals surface area contributed by atoms with Gasteiger partial charge in [0.15, 0.2) is 11.3 Å². The molecule has 0 bridgehead atoms. The number of hydrazine groups is 1. The van der Waals surface area contributed by atoms with Crippen molar-refractivity contribution in [3.8, 4) is 5.75 Å². The molecule has 19 heavy (non-hydrogen) atoms. The van der Waals surface area contributed by atoms with E-state index in [-0.39, 0.29) is 6.01 Å². The molecule has 0 aliphatic carbocycles. The number of anilines is 1. The van der Waals surface area contributed by atoms with Crippen LogP contribution in [0.5, 0.6) is 5.75 Å². The number of benzene rings is 2. The predicted molar refractivity (Wildman–Crippen MR) is 72.6 cm³/mol. The predicted octanol–water partition coefficient (Wildman–Crippen LogP) is 2.69. The van der Waals surface area contributed by atoms with Gasteiger partial charge in [0.25, 0.3) is 0 Å². The van der Waals surface area contributed by atoms with Gasteiger partial charge in [0.2, 0.25) is 0 Å². The number of oxazole rings is 1. The Kier molecular flexibility index (Phi) is 3.04.